The van der Waals surface area contributed by atoms with Crippen LogP contribution in [0.15, 0.2) is 29.6 Å². The molecule has 0 atom stereocenters. The summed E-state index contributed by atoms with van der Waals surface area (Å²) in [7, 11) is 0. The molecular formula is C22H24N2O4S. The Kier molecular flexibility index (Phi) is 4.59. The number of aryl methyl sites for hydroxylation is 1. The molecule has 0 radical (unpaired) electrons. The molecule has 0 N–H and O–H groups in total. The summed E-state index contributed by atoms with van der Waals surface area (Å²) in [4.78, 5) is 30.2. The van der Waals surface area contributed by atoms with Gasteiger partial charge in [-0.3, -0.25) is 14.5 Å². The molecule has 0 saturated carbocycles. The van der Waals surface area contributed by atoms with E-state index in [0.717, 1.165) is 31.4 Å². The average Bonchev–Trinajstić information content (AvgIpc) is 3.21. The molecule has 1 saturated heterocycles. The number of hydrogen-bond acceptors (Lipinski definition) is 5. The summed E-state index contributed by atoms with van der Waals surface area (Å²) in [5.41, 5.74) is 2.87. The van der Waals surface area contributed by atoms with Gasteiger partial charge in [0.05, 0.1) is 12.3 Å². The van der Waals surface area contributed by atoms with Crippen molar-refractivity contribution in [3.05, 3.63) is 45.6 Å². The highest BCUT2D eigenvalue weighted by Gasteiger charge is 2.43. The number of carbonyl (C=O) groups is 2. The first-order chi connectivity index (χ1) is 14.1. The smallest absolute Gasteiger partial charge is 0.265 e. The Bertz CT molecular complexity index is 961. The number of likely N-dealkylation sites (tertiary alicyclic amines) is 1. The standard InChI is InChI=1S/C22H24N2O4S/c1-15-2-3-18-17(12-15)24(20(26)14-27-18)13-19(25)23-8-6-22(7-9-23)21-16(4-10-28-22)5-11-29-21/h2-3,5,11-12H,4,6-10,13-14H2,1H3. The SMILES string of the molecule is Cc1ccc2c(c1)N(CC(=O)N1CCC3(CC1)OCCc1ccsc13)C(=O)CO2. The third-order valence-corrected chi connectivity index (χ3v) is 7.33. The molecule has 2 amide bonds. The van der Waals surface area contributed by atoms with Crippen LogP contribution in [0, 0.1) is 6.92 Å². The molecule has 3 aliphatic heterocycles. The number of fused-ring (bicyclic) bond motifs is 3. The molecule has 1 aromatic heterocycles. The van der Waals surface area contributed by atoms with Crippen molar-refractivity contribution in [2.45, 2.75) is 31.8 Å². The lowest BCUT2D eigenvalue weighted by Gasteiger charge is -2.44. The molecule has 7 heteroatoms. The zero-order valence-electron chi connectivity index (χ0n) is 16.5. The molecule has 2 aromatic rings. The topological polar surface area (TPSA) is 59.1 Å². The van der Waals surface area contributed by atoms with Crippen LogP contribution >= 0.6 is 11.3 Å². The van der Waals surface area contributed by atoms with E-state index in [1.165, 1.54) is 10.4 Å². The van der Waals surface area contributed by atoms with E-state index < -0.39 is 0 Å². The number of thiophene rings is 1. The molecule has 3 aliphatic rings. The third-order valence-electron chi connectivity index (χ3n) is 6.18. The quantitative estimate of drug-likeness (QED) is 0.761. The summed E-state index contributed by atoms with van der Waals surface area (Å²) in [6.45, 7) is 4.03. The van der Waals surface area contributed by atoms with Crippen molar-refractivity contribution >= 4 is 28.8 Å². The van der Waals surface area contributed by atoms with Crippen LogP contribution in [-0.2, 0) is 26.3 Å². The summed E-state index contributed by atoms with van der Waals surface area (Å²) in [5, 5.41) is 2.14. The Morgan fingerprint density at radius 3 is 2.90 bits per heavy atom. The Labute approximate surface area is 174 Å². The number of carbonyl (C=O) groups excluding carboxylic acids is 2. The monoisotopic (exact) mass is 412 g/mol. The van der Waals surface area contributed by atoms with Crippen LogP contribution in [-0.4, -0.2) is 49.6 Å². The molecule has 1 aromatic carbocycles. The normalized spacial score (nSPS) is 20.2. The van der Waals surface area contributed by atoms with Gasteiger partial charge in [0.2, 0.25) is 5.91 Å². The van der Waals surface area contributed by atoms with Crippen LogP contribution in [0.2, 0.25) is 0 Å². The molecule has 1 spiro atoms. The van der Waals surface area contributed by atoms with E-state index in [9.17, 15) is 9.59 Å². The van der Waals surface area contributed by atoms with E-state index in [1.807, 2.05) is 30.0 Å². The lowest BCUT2D eigenvalue weighted by molar-refractivity contribution is -0.140. The molecule has 0 aliphatic carbocycles. The van der Waals surface area contributed by atoms with Crippen molar-refractivity contribution in [3.63, 3.8) is 0 Å². The van der Waals surface area contributed by atoms with Gasteiger partial charge in [0, 0.05) is 18.0 Å². The molecule has 0 unspecified atom stereocenters. The number of ether oxygens (including phenoxy) is 2. The van der Waals surface area contributed by atoms with Gasteiger partial charge in [-0.1, -0.05) is 6.07 Å². The van der Waals surface area contributed by atoms with E-state index >= 15 is 0 Å². The van der Waals surface area contributed by atoms with Crippen molar-refractivity contribution in [3.8, 4) is 5.75 Å². The number of nitrogens with zero attached hydrogens (tertiary/aromatic N) is 2. The first kappa shape index (κ1) is 18.6. The van der Waals surface area contributed by atoms with E-state index in [1.54, 1.807) is 16.2 Å². The van der Waals surface area contributed by atoms with Gasteiger partial charge in [-0.2, -0.15) is 0 Å². The summed E-state index contributed by atoms with van der Waals surface area (Å²) in [6, 6.07) is 7.91. The molecule has 0 bridgehead atoms. The minimum absolute atomic E-state index is 0.0234. The lowest BCUT2D eigenvalue weighted by Crippen LogP contribution is -2.51. The van der Waals surface area contributed by atoms with Gasteiger partial charge in [-0.25, -0.2) is 0 Å². The molecule has 152 valence electrons. The predicted molar refractivity (Wildman–Crippen MR) is 110 cm³/mol. The third kappa shape index (κ3) is 3.22. The van der Waals surface area contributed by atoms with E-state index in [-0.39, 0.29) is 30.6 Å². The zero-order chi connectivity index (χ0) is 20.0. The van der Waals surface area contributed by atoms with E-state index in [0.29, 0.717) is 24.5 Å². The van der Waals surface area contributed by atoms with Gasteiger partial charge in [-0.15, -0.1) is 11.3 Å². The van der Waals surface area contributed by atoms with Gasteiger partial charge in [0.15, 0.2) is 6.61 Å². The molecular weight excluding hydrogens is 388 g/mol. The average molecular weight is 413 g/mol. The van der Waals surface area contributed by atoms with Crippen molar-refractivity contribution < 1.29 is 19.1 Å². The van der Waals surface area contributed by atoms with Crippen LogP contribution < -0.4 is 9.64 Å². The maximum absolute atomic E-state index is 13.0. The highest BCUT2D eigenvalue weighted by Crippen LogP contribution is 2.44. The fourth-order valence-corrected chi connectivity index (χ4v) is 5.73. The van der Waals surface area contributed by atoms with Gasteiger partial charge < -0.3 is 14.4 Å². The first-order valence-electron chi connectivity index (χ1n) is 10.1. The Morgan fingerprint density at radius 2 is 2.07 bits per heavy atom. The highest BCUT2D eigenvalue weighted by molar-refractivity contribution is 7.10. The van der Waals surface area contributed by atoms with Gasteiger partial charge >= 0.3 is 0 Å². The Balaban J connectivity index is 1.29. The van der Waals surface area contributed by atoms with E-state index in [4.69, 9.17) is 9.47 Å². The van der Waals surface area contributed by atoms with Crippen LogP contribution in [0.4, 0.5) is 5.69 Å². The predicted octanol–water partition coefficient (Wildman–Crippen LogP) is 2.87. The molecule has 5 rings (SSSR count). The van der Waals surface area contributed by atoms with Crippen molar-refractivity contribution in [1.29, 1.82) is 0 Å². The summed E-state index contributed by atoms with van der Waals surface area (Å²) < 4.78 is 11.8. The van der Waals surface area contributed by atoms with Crippen LogP contribution in [0.5, 0.6) is 5.75 Å². The zero-order valence-corrected chi connectivity index (χ0v) is 17.3. The lowest BCUT2D eigenvalue weighted by atomic mass is 9.85. The fraction of sp³-hybridized carbons (Fsp3) is 0.455. The minimum Gasteiger partial charge on any atom is -0.482 e. The van der Waals surface area contributed by atoms with Gasteiger partial charge in [-0.05, 0) is 60.9 Å². The number of hydrogen-bond donors (Lipinski definition) is 0. The van der Waals surface area contributed by atoms with Crippen LogP contribution in [0.1, 0.15) is 28.8 Å². The van der Waals surface area contributed by atoms with Crippen LogP contribution in [0.25, 0.3) is 0 Å². The molecule has 29 heavy (non-hydrogen) atoms. The van der Waals surface area contributed by atoms with Crippen molar-refractivity contribution in [2.24, 2.45) is 0 Å². The summed E-state index contributed by atoms with van der Waals surface area (Å²) >= 11 is 1.77. The summed E-state index contributed by atoms with van der Waals surface area (Å²) in [5.74, 6) is 0.454. The number of benzene rings is 1. The summed E-state index contributed by atoms with van der Waals surface area (Å²) in [6.07, 6.45) is 2.58. The largest absolute Gasteiger partial charge is 0.482 e. The second kappa shape index (κ2) is 7.15. The number of rotatable bonds is 2. The van der Waals surface area contributed by atoms with Gasteiger partial charge in [0.25, 0.3) is 5.91 Å². The number of piperidine rings is 1. The Hall–Kier alpha value is -2.38. The maximum Gasteiger partial charge on any atom is 0.265 e. The second-order valence-electron chi connectivity index (χ2n) is 7.99. The minimum atomic E-state index is -0.239. The number of amides is 2. The van der Waals surface area contributed by atoms with Crippen molar-refractivity contribution in [2.75, 3.05) is 37.7 Å². The Morgan fingerprint density at radius 1 is 1.24 bits per heavy atom. The van der Waals surface area contributed by atoms with Crippen LogP contribution in [0.3, 0.4) is 0 Å². The van der Waals surface area contributed by atoms with Crippen molar-refractivity contribution in [1.82, 2.24) is 4.90 Å². The molecule has 4 heterocycles. The number of anilines is 1. The van der Waals surface area contributed by atoms with Gasteiger partial charge in [0.1, 0.15) is 17.9 Å². The molecule has 1 fully saturated rings. The fourth-order valence-electron chi connectivity index (χ4n) is 4.56. The molecule has 6 nitrogen and oxygen atoms in total. The second-order valence-corrected chi connectivity index (χ2v) is 8.90. The first-order valence-corrected chi connectivity index (χ1v) is 11.0. The maximum atomic E-state index is 13.0. The van der Waals surface area contributed by atoms with E-state index in [2.05, 4.69) is 11.4 Å². The highest BCUT2D eigenvalue weighted by atomic mass is 32.1.